The highest BCUT2D eigenvalue weighted by molar-refractivity contribution is 7.91. The molecule has 0 amide bonds. The highest BCUT2D eigenvalue weighted by atomic mass is 32.2. The summed E-state index contributed by atoms with van der Waals surface area (Å²) in [6.45, 7) is 0. The molecule has 0 aliphatic carbocycles. The third-order valence-electron chi connectivity index (χ3n) is 7.36. The van der Waals surface area contributed by atoms with Crippen LogP contribution in [0.5, 0.6) is 0 Å². The molecule has 12 heteroatoms. The Morgan fingerprint density at radius 3 is 1.17 bits per heavy atom. The fourth-order valence-corrected chi connectivity index (χ4v) is 11.8. The number of hydrogen-bond donors (Lipinski definition) is 0. The Morgan fingerprint density at radius 2 is 0.783 bits per heavy atom. The lowest BCUT2D eigenvalue weighted by Gasteiger charge is -2.03. The van der Waals surface area contributed by atoms with E-state index in [0.717, 1.165) is 49.4 Å². The fourth-order valence-electron chi connectivity index (χ4n) is 5.03. The molecule has 0 saturated heterocycles. The molecule has 0 aliphatic heterocycles. The van der Waals surface area contributed by atoms with E-state index in [-0.39, 0.29) is 19.8 Å². The summed E-state index contributed by atoms with van der Waals surface area (Å²) in [7, 11) is -7.40. The van der Waals surface area contributed by atoms with E-state index in [4.69, 9.17) is 0 Å². The van der Waals surface area contributed by atoms with Gasteiger partial charge in [0.1, 0.15) is 0 Å². The highest BCUT2D eigenvalue weighted by Gasteiger charge is 2.22. The molecule has 226 valence electrons. The minimum Gasteiger partial charge on any atom is -0.243 e. The SMILES string of the molecule is O=S(=O)(c1ccccc1)c1cc2cc(-c3ccc(-c4ccc(-c5cc6cc(S(=O)(=O)c7ccccc7)ncc6s5)s4)s3)sc2cn1. The van der Waals surface area contributed by atoms with E-state index in [9.17, 15) is 16.8 Å². The summed E-state index contributed by atoms with van der Waals surface area (Å²) in [6, 6.07) is 32.5. The van der Waals surface area contributed by atoms with Gasteiger partial charge in [0.25, 0.3) is 0 Å². The number of rotatable bonds is 7. The van der Waals surface area contributed by atoms with E-state index in [1.165, 1.54) is 0 Å². The molecular formula is C34H20N2O4S6. The number of nitrogens with zero attached hydrogens (tertiary/aromatic N) is 2. The molecule has 8 aromatic rings. The minimum atomic E-state index is -3.70. The van der Waals surface area contributed by atoms with Crippen molar-refractivity contribution in [2.45, 2.75) is 19.8 Å². The molecule has 8 rings (SSSR count). The Balaban J connectivity index is 1.06. The molecule has 6 aromatic heterocycles. The van der Waals surface area contributed by atoms with Gasteiger partial charge < -0.3 is 0 Å². The lowest BCUT2D eigenvalue weighted by atomic mass is 10.3. The summed E-state index contributed by atoms with van der Waals surface area (Å²) in [4.78, 5) is 15.6. The average Bonchev–Trinajstić information content (AvgIpc) is 3.90. The van der Waals surface area contributed by atoms with E-state index in [2.05, 4.69) is 34.2 Å². The van der Waals surface area contributed by atoms with Crippen molar-refractivity contribution in [2.24, 2.45) is 0 Å². The van der Waals surface area contributed by atoms with Gasteiger partial charge in [-0.15, -0.1) is 45.3 Å². The molecule has 0 atom stereocenters. The predicted octanol–water partition coefficient (Wildman–Crippen LogP) is 9.70. The van der Waals surface area contributed by atoms with Crippen LogP contribution in [0.25, 0.3) is 49.4 Å². The second kappa shape index (κ2) is 11.3. The molecule has 0 radical (unpaired) electrons. The lowest BCUT2D eigenvalue weighted by Crippen LogP contribution is -2.03. The van der Waals surface area contributed by atoms with Crippen molar-refractivity contribution in [3.8, 4) is 29.3 Å². The number of benzene rings is 2. The maximum Gasteiger partial charge on any atom is 0.223 e. The summed E-state index contributed by atoms with van der Waals surface area (Å²) in [6.07, 6.45) is 3.28. The summed E-state index contributed by atoms with van der Waals surface area (Å²) in [5.74, 6) is 0. The summed E-state index contributed by atoms with van der Waals surface area (Å²) < 4.78 is 54.2. The monoisotopic (exact) mass is 712 g/mol. The first-order valence-electron chi connectivity index (χ1n) is 13.9. The van der Waals surface area contributed by atoms with E-state index in [1.807, 2.05) is 12.1 Å². The largest absolute Gasteiger partial charge is 0.243 e. The van der Waals surface area contributed by atoms with Crippen molar-refractivity contribution < 1.29 is 16.8 Å². The number of fused-ring (bicyclic) bond motifs is 2. The molecule has 6 heterocycles. The first kappa shape index (κ1) is 29.4. The molecular weight excluding hydrogens is 693 g/mol. The van der Waals surface area contributed by atoms with Crippen molar-refractivity contribution in [3.05, 3.63) is 122 Å². The molecule has 6 nitrogen and oxygen atoms in total. The Hall–Kier alpha value is -4.04. The number of thiophene rings is 4. The van der Waals surface area contributed by atoms with Crippen molar-refractivity contribution in [1.82, 2.24) is 9.97 Å². The van der Waals surface area contributed by atoms with Crippen LogP contribution in [0.4, 0.5) is 0 Å². The van der Waals surface area contributed by atoms with Crippen molar-refractivity contribution in [2.75, 3.05) is 0 Å². The third kappa shape index (κ3) is 5.20. The maximum absolute atomic E-state index is 13.1. The minimum absolute atomic E-state index is 0.0413. The van der Waals surface area contributed by atoms with Crippen molar-refractivity contribution >= 4 is 85.2 Å². The predicted molar refractivity (Wildman–Crippen MR) is 189 cm³/mol. The van der Waals surface area contributed by atoms with Gasteiger partial charge in [-0.05, 0) is 83.6 Å². The molecule has 46 heavy (non-hydrogen) atoms. The van der Waals surface area contributed by atoms with Crippen molar-refractivity contribution in [1.29, 1.82) is 0 Å². The first-order chi connectivity index (χ1) is 22.3. The summed E-state index contributed by atoms with van der Waals surface area (Å²) in [5, 5.41) is 1.77. The van der Waals surface area contributed by atoms with Gasteiger partial charge in [0.05, 0.1) is 19.2 Å². The molecule has 2 aromatic carbocycles. The van der Waals surface area contributed by atoms with Crippen LogP contribution in [-0.4, -0.2) is 26.8 Å². The third-order valence-corrected chi connectivity index (χ3v) is 15.6. The van der Waals surface area contributed by atoms with Crippen LogP contribution < -0.4 is 0 Å². The maximum atomic E-state index is 13.1. The number of sulfone groups is 2. The van der Waals surface area contributed by atoms with Gasteiger partial charge in [0, 0.05) is 41.7 Å². The van der Waals surface area contributed by atoms with Crippen LogP contribution in [0.15, 0.2) is 141 Å². The normalized spacial score (nSPS) is 12.3. The molecule has 0 N–H and O–H groups in total. The van der Waals surface area contributed by atoms with Gasteiger partial charge in [0.15, 0.2) is 10.1 Å². The van der Waals surface area contributed by atoms with Gasteiger partial charge in [-0.1, -0.05) is 36.4 Å². The van der Waals surface area contributed by atoms with Crippen LogP contribution >= 0.6 is 45.3 Å². The molecule has 0 fully saturated rings. The van der Waals surface area contributed by atoms with Crippen LogP contribution in [0.1, 0.15) is 0 Å². The first-order valence-corrected chi connectivity index (χ1v) is 20.1. The van der Waals surface area contributed by atoms with Crippen LogP contribution in [0.3, 0.4) is 0 Å². The van der Waals surface area contributed by atoms with Gasteiger partial charge in [-0.25, -0.2) is 26.8 Å². The van der Waals surface area contributed by atoms with Crippen molar-refractivity contribution in [3.63, 3.8) is 0 Å². The summed E-state index contributed by atoms with van der Waals surface area (Å²) in [5.41, 5.74) is 0. The number of pyridine rings is 2. The second-order valence-electron chi connectivity index (χ2n) is 10.3. The van der Waals surface area contributed by atoms with Gasteiger partial charge in [0.2, 0.25) is 19.7 Å². The van der Waals surface area contributed by atoms with E-state index in [0.29, 0.717) is 0 Å². The fraction of sp³-hybridized carbons (Fsp3) is 0. The van der Waals surface area contributed by atoms with Crippen LogP contribution in [0, 0.1) is 0 Å². The van der Waals surface area contributed by atoms with E-state index in [1.54, 1.807) is 131 Å². The molecule has 0 unspecified atom stereocenters. The van der Waals surface area contributed by atoms with Gasteiger partial charge in [-0.3, -0.25) is 0 Å². The van der Waals surface area contributed by atoms with Gasteiger partial charge in [-0.2, -0.15) is 0 Å². The Bertz CT molecular complexity index is 2430. The zero-order chi connectivity index (χ0) is 31.5. The Kier molecular flexibility index (Phi) is 7.24. The van der Waals surface area contributed by atoms with E-state index < -0.39 is 19.7 Å². The zero-order valence-corrected chi connectivity index (χ0v) is 28.4. The summed E-state index contributed by atoms with van der Waals surface area (Å²) >= 11 is 6.55. The standard InChI is InChI=1S/C34H20N2O4S6/c37-45(38,23-7-3-1-4-8-23)33-17-21-15-29(43-31(21)19-35-33)27-13-11-25(41-27)26-12-14-28(42-26)30-16-22-18-34(36-20-32(22)44-30)46(39,40)24-9-5-2-6-10-24/h1-20H. The molecule has 0 aliphatic rings. The quantitative estimate of drug-likeness (QED) is 0.163. The molecule has 0 bridgehead atoms. The highest BCUT2D eigenvalue weighted by Crippen LogP contribution is 2.45. The smallest absolute Gasteiger partial charge is 0.223 e. The zero-order valence-electron chi connectivity index (χ0n) is 23.5. The Morgan fingerprint density at radius 1 is 0.413 bits per heavy atom. The number of aromatic nitrogens is 2. The Labute approximate surface area is 280 Å². The molecule has 0 spiro atoms. The molecule has 0 saturated carbocycles. The van der Waals surface area contributed by atoms with Crippen LogP contribution in [0.2, 0.25) is 0 Å². The number of hydrogen-bond acceptors (Lipinski definition) is 10. The van der Waals surface area contributed by atoms with Crippen LogP contribution in [-0.2, 0) is 19.7 Å². The average molecular weight is 713 g/mol. The topological polar surface area (TPSA) is 94.1 Å². The lowest BCUT2D eigenvalue weighted by molar-refractivity contribution is 0.591. The van der Waals surface area contributed by atoms with Gasteiger partial charge >= 0.3 is 0 Å². The second-order valence-corrected chi connectivity index (χ2v) is 18.4. The van der Waals surface area contributed by atoms with E-state index >= 15 is 0 Å².